The van der Waals surface area contributed by atoms with E-state index in [4.69, 9.17) is 9.84 Å². The molecule has 0 bridgehead atoms. The summed E-state index contributed by atoms with van der Waals surface area (Å²) < 4.78 is 5.74. The van der Waals surface area contributed by atoms with Crippen molar-refractivity contribution in [3.8, 4) is 0 Å². The van der Waals surface area contributed by atoms with Crippen molar-refractivity contribution in [3.63, 3.8) is 0 Å². The Morgan fingerprint density at radius 1 is 1.27 bits per heavy atom. The van der Waals surface area contributed by atoms with Crippen molar-refractivity contribution in [2.45, 2.75) is 53.1 Å². The standard InChI is InChI=1S/C19H28O3/c1-4-18(19(20)21)16(3)10-8-9-15(2)13-22-14-17-11-6-5-7-12-17/h5-7,11-12,15H,4,8-10,13-14H2,1-3H3,(H,20,21). The topological polar surface area (TPSA) is 46.5 Å². The predicted molar refractivity (Wildman–Crippen MR) is 89.7 cm³/mol. The molecule has 122 valence electrons. The number of carboxylic acid groups (broad SMARTS) is 1. The number of allylic oxidation sites excluding steroid dienone is 1. The molecular formula is C19H28O3. The summed E-state index contributed by atoms with van der Waals surface area (Å²) >= 11 is 0. The van der Waals surface area contributed by atoms with Gasteiger partial charge in [-0.1, -0.05) is 49.8 Å². The summed E-state index contributed by atoms with van der Waals surface area (Å²) in [4.78, 5) is 11.1. The van der Waals surface area contributed by atoms with Gasteiger partial charge < -0.3 is 9.84 Å². The van der Waals surface area contributed by atoms with Crippen LogP contribution < -0.4 is 0 Å². The first-order valence-electron chi connectivity index (χ1n) is 8.08. The van der Waals surface area contributed by atoms with Crippen LogP contribution in [0.1, 0.15) is 52.0 Å². The van der Waals surface area contributed by atoms with Gasteiger partial charge in [0.05, 0.1) is 6.61 Å². The fourth-order valence-corrected chi connectivity index (χ4v) is 2.54. The highest BCUT2D eigenvalue weighted by Crippen LogP contribution is 2.18. The maximum Gasteiger partial charge on any atom is 0.331 e. The third kappa shape index (κ3) is 6.90. The van der Waals surface area contributed by atoms with Gasteiger partial charge in [-0.05, 0) is 44.1 Å². The van der Waals surface area contributed by atoms with E-state index >= 15 is 0 Å². The van der Waals surface area contributed by atoms with Gasteiger partial charge in [0.15, 0.2) is 0 Å². The zero-order valence-electron chi connectivity index (χ0n) is 14.0. The van der Waals surface area contributed by atoms with Gasteiger partial charge in [0.2, 0.25) is 0 Å². The SMILES string of the molecule is CCC(C(=O)O)=C(C)CCCC(C)COCc1ccccc1. The van der Waals surface area contributed by atoms with E-state index in [2.05, 4.69) is 19.1 Å². The van der Waals surface area contributed by atoms with E-state index in [1.54, 1.807) is 0 Å². The minimum absolute atomic E-state index is 0.492. The van der Waals surface area contributed by atoms with Crippen LogP contribution in [-0.4, -0.2) is 17.7 Å². The Morgan fingerprint density at radius 2 is 1.95 bits per heavy atom. The highest BCUT2D eigenvalue weighted by Gasteiger charge is 2.09. The Kier molecular flexibility index (Phi) is 8.53. The normalized spacial score (nSPS) is 13.6. The maximum absolute atomic E-state index is 11.1. The Bertz CT molecular complexity index is 477. The number of ether oxygens (including phenoxy) is 1. The Balaban J connectivity index is 2.23. The first-order valence-corrected chi connectivity index (χ1v) is 8.08. The molecule has 1 aromatic carbocycles. The molecule has 0 heterocycles. The maximum atomic E-state index is 11.1. The molecule has 0 aliphatic heterocycles. The van der Waals surface area contributed by atoms with Gasteiger partial charge in [-0.2, -0.15) is 0 Å². The van der Waals surface area contributed by atoms with Crippen molar-refractivity contribution in [3.05, 3.63) is 47.0 Å². The number of carbonyl (C=O) groups is 1. The number of rotatable bonds is 10. The van der Waals surface area contributed by atoms with Crippen LogP contribution in [0.15, 0.2) is 41.5 Å². The molecule has 3 nitrogen and oxygen atoms in total. The average molecular weight is 304 g/mol. The monoisotopic (exact) mass is 304 g/mol. The molecule has 0 fully saturated rings. The molecule has 22 heavy (non-hydrogen) atoms. The van der Waals surface area contributed by atoms with Gasteiger partial charge in [0.25, 0.3) is 0 Å². The van der Waals surface area contributed by atoms with E-state index < -0.39 is 5.97 Å². The lowest BCUT2D eigenvalue weighted by Crippen LogP contribution is -2.07. The van der Waals surface area contributed by atoms with Crippen molar-refractivity contribution >= 4 is 5.97 Å². The van der Waals surface area contributed by atoms with Crippen molar-refractivity contribution in [2.75, 3.05) is 6.61 Å². The lowest BCUT2D eigenvalue weighted by molar-refractivity contribution is -0.132. The number of benzene rings is 1. The first kappa shape index (κ1) is 18.4. The molecule has 0 saturated heterocycles. The van der Waals surface area contributed by atoms with Crippen LogP contribution in [-0.2, 0) is 16.1 Å². The van der Waals surface area contributed by atoms with E-state index in [0.29, 0.717) is 24.5 Å². The molecule has 3 heteroatoms. The molecule has 1 N–H and O–H groups in total. The number of carboxylic acids is 1. The van der Waals surface area contributed by atoms with Gasteiger partial charge in [-0.25, -0.2) is 4.79 Å². The van der Waals surface area contributed by atoms with Crippen LogP contribution in [0.3, 0.4) is 0 Å². The summed E-state index contributed by atoms with van der Waals surface area (Å²) in [5.41, 5.74) is 2.77. The zero-order chi connectivity index (χ0) is 16.4. The molecule has 1 rings (SSSR count). The molecule has 1 aromatic rings. The van der Waals surface area contributed by atoms with Crippen LogP contribution in [0.4, 0.5) is 0 Å². The summed E-state index contributed by atoms with van der Waals surface area (Å²) in [6.07, 6.45) is 3.52. The molecule has 0 spiro atoms. The largest absolute Gasteiger partial charge is 0.478 e. The Morgan fingerprint density at radius 3 is 2.55 bits per heavy atom. The molecule has 1 atom stereocenters. The van der Waals surface area contributed by atoms with Crippen LogP contribution in [0.25, 0.3) is 0 Å². The summed E-state index contributed by atoms with van der Waals surface area (Å²) in [5.74, 6) is -0.286. The van der Waals surface area contributed by atoms with Crippen LogP contribution in [0, 0.1) is 5.92 Å². The molecule has 1 unspecified atom stereocenters. The highest BCUT2D eigenvalue weighted by molar-refractivity contribution is 5.87. The van der Waals surface area contributed by atoms with E-state index in [-0.39, 0.29) is 0 Å². The van der Waals surface area contributed by atoms with Crippen molar-refractivity contribution in [2.24, 2.45) is 5.92 Å². The minimum atomic E-state index is -0.778. The van der Waals surface area contributed by atoms with Gasteiger partial charge >= 0.3 is 5.97 Å². The number of hydrogen-bond acceptors (Lipinski definition) is 2. The van der Waals surface area contributed by atoms with Gasteiger partial charge in [0, 0.05) is 12.2 Å². The van der Waals surface area contributed by atoms with E-state index in [1.165, 1.54) is 5.56 Å². The lowest BCUT2D eigenvalue weighted by atomic mass is 9.98. The summed E-state index contributed by atoms with van der Waals surface area (Å²) in [5, 5.41) is 9.10. The highest BCUT2D eigenvalue weighted by atomic mass is 16.5. The van der Waals surface area contributed by atoms with E-state index in [0.717, 1.165) is 31.4 Å². The number of aliphatic carboxylic acids is 1. The fraction of sp³-hybridized carbons (Fsp3) is 0.526. The molecule has 0 aliphatic carbocycles. The Hall–Kier alpha value is -1.61. The third-order valence-electron chi connectivity index (χ3n) is 3.89. The molecule has 0 aliphatic rings. The molecule has 0 radical (unpaired) electrons. The summed E-state index contributed by atoms with van der Waals surface area (Å²) in [7, 11) is 0. The molecular weight excluding hydrogens is 276 g/mol. The van der Waals surface area contributed by atoms with Gasteiger partial charge in [-0.3, -0.25) is 0 Å². The number of hydrogen-bond donors (Lipinski definition) is 1. The summed E-state index contributed by atoms with van der Waals surface area (Å²) in [6, 6.07) is 10.2. The zero-order valence-corrected chi connectivity index (χ0v) is 14.0. The Labute approximate surface area is 134 Å². The molecule has 0 aromatic heterocycles. The first-order chi connectivity index (χ1) is 10.5. The predicted octanol–water partition coefficient (Wildman–Crippen LogP) is 4.82. The minimum Gasteiger partial charge on any atom is -0.478 e. The van der Waals surface area contributed by atoms with Gasteiger partial charge in [0.1, 0.15) is 0 Å². The fourth-order valence-electron chi connectivity index (χ4n) is 2.54. The third-order valence-corrected chi connectivity index (χ3v) is 3.89. The van der Waals surface area contributed by atoms with Crippen LogP contribution in [0.2, 0.25) is 0 Å². The van der Waals surface area contributed by atoms with E-state index in [1.807, 2.05) is 32.0 Å². The second kappa shape index (κ2) is 10.2. The summed E-state index contributed by atoms with van der Waals surface area (Å²) in [6.45, 7) is 7.42. The second-order valence-electron chi connectivity index (χ2n) is 5.92. The van der Waals surface area contributed by atoms with Gasteiger partial charge in [-0.15, -0.1) is 0 Å². The molecule has 0 saturated carbocycles. The van der Waals surface area contributed by atoms with Crippen LogP contribution >= 0.6 is 0 Å². The van der Waals surface area contributed by atoms with Crippen molar-refractivity contribution < 1.29 is 14.6 Å². The lowest BCUT2D eigenvalue weighted by Gasteiger charge is -2.13. The smallest absolute Gasteiger partial charge is 0.331 e. The average Bonchev–Trinajstić information content (AvgIpc) is 2.48. The van der Waals surface area contributed by atoms with Crippen molar-refractivity contribution in [1.82, 2.24) is 0 Å². The second-order valence-corrected chi connectivity index (χ2v) is 5.92. The van der Waals surface area contributed by atoms with Crippen LogP contribution in [0.5, 0.6) is 0 Å². The van der Waals surface area contributed by atoms with E-state index in [9.17, 15) is 4.79 Å². The molecule has 0 amide bonds. The van der Waals surface area contributed by atoms with Crippen molar-refractivity contribution in [1.29, 1.82) is 0 Å². The quantitative estimate of drug-likeness (QED) is 0.630.